The van der Waals surface area contributed by atoms with E-state index in [1.54, 1.807) is 6.33 Å². The van der Waals surface area contributed by atoms with Gasteiger partial charge in [-0.15, -0.1) is 0 Å². The molecule has 1 aromatic carbocycles. The highest BCUT2D eigenvalue weighted by atomic mass is 14.8. The summed E-state index contributed by atoms with van der Waals surface area (Å²) in [6, 6.07) is 13.9. The van der Waals surface area contributed by atoms with Gasteiger partial charge in [-0.2, -0.15) is 5.26 Å². The van der Waals surface area contributed by atoms with Gasteiger partial charge in [0, 0.05) is 35.1 Å². The molecular weight excluding hydrogens is 344 g/mol. The van der Waals surface area contributed by atoms with Crippen LogP contribution in [0.5, 0.6) is 0 Å². The van der Waals surface area contributed by atoms with Gasteiger partial charge < -0.3 is 0 Å². The normalized spacial score (nSPS) is 21.2. The standard InChI is InChI=1S/C24H22N4/c1-16-11-24-23(14-26-15-28-24)21(17(16)2)10-9-20-8-7-19(13-27-20)22-6-4-3-5-18(22)12-25/h3-10,13-17,21H,11H2,1-2H3/t16-,17+,21-/m0/s1. The first kappa shape index (κ1) is 18.1. The number of pyridine rings is 1. The number of hydrogen-bond acceptors (Lipinski definition) is 4. The second-order valence-electron chi connectivity index (χ2n) is 7.48. The van der Waals surface area contributed by atoms with Crippen LogP contribution in [0.1, 0.15) is 42.3 Å². The summed E-state index contributed by atoms with van der Waals surface area (Å²) >= 11 is 0. The molecule has 0 bridgehead atoms. The van der Waals surface area contributed by atoms with E-state index in [2.05, 4.69) is 47.0 Å². The van der Waals surface area contributed by atoms with Crippen molar-refractivity contribution in [2.24, 2.45) is 11.8 Å². The molecule has 0 amide bonds. The molecule has 1 aliphatic carbocycles. The van der Waals surface area contributed by atoms with Gasteiger partial charge in [0.2, 0.25) is 0 Å². The second kappa shape index (κ2) is 7.74. The quantitative estimate of drug-likeness (QED) is 0.652. The summed E-state index contributed by atoms with van der Waals surface area (Å²) in [5.74, 6) is 1.40. The summed E-state index contributed by atoms with van der Waals surface area (Å²) in [5.41, 5.74) is 5.81. The van der Waals surface area contributed by atoms with E-state index in [1.165, 1.54) is 5.56 Å². The molecule has 0 spiro atoms. The monoisotopic (exact) mass is 366 g/mol. The smallest absolute Gasteiger partial charge is 0.115 e. The van der Waals surface area contributed by atoms with Gasteiger partial charge in [0.05, 0.1) is 17.3 Å². The highest BCUT2D eigenvalue weighted by Gasteiger charge is 2.30. The SMILES string of the molecule is C[C@H]1[C@H](C=Cc2ccc(-c3ccccc3C#N)cn2)c2cncnc2C[C@@H]1C. The van der Waals surface area contributed by atoms with Crippen LogP contribution in [0.3, 0.4) is 0 Å². The molecule has 2 heterocycles. The average molecular weight is 366 g/mol. The third-order valence-electron chi connectivity index (χ3n) is 5.78. The number of nitriles is 1. The first-order valence-corrected chi connectivity index (χ1v) is 9.60. The zero-order chi connectivity index (χ0) is 19.5. The van der Waals surface area contributed by atoms with E-state index in [0.717, 1.165) is 28.9 Å². The minimum Gasteiger partial charge on any atom is -0.256 e. The average Bonchev–Trinajstić information content (AvgIpc) is 2.74. The molecule has 2 aromatic heterocycles. The molecule has 1 aliphatic rings. The molecule has 0 unspecified atom stereocenters. The maximum absolute atomic E-state index is 9.30. The summed E-state index contributed by atoms with van der Waals surface area (Å²) in [6.07, 6.45) is 10.7. The van der Waals surface area contributed by atoms with Crippen LogP contribution >= 0.6 is 0 Å². The van der Waals surface area contributed by atoms with Crippen molar-refractivity contribution in [2.45, 2.75) is 26.2 Å². The third kappa shape index (κ3) is 3.44. The fraction of sp³-hybridized carbons (Fsp3) is 0.250. The van der Waals surface area contributed by atoms with Crippen molar-refractivity contribution in [1.82, 2.24) is 15.0 Å². The van der Waals surface area contributed by atoms with Gasteiger partial charge in [0.1, 0.15) is 6.33 Å². The Bertz CT molecular complexity index is 1050. The van der Waals surface area contributed by atoms with Gasteiger partial charge in [0.15, 0.2) is 0 Å². The van der Waals surface area contributed by atoms with E-state index in [0.29, 0.717) is 23.3 Å². The van der Waals surface area contributed by atoms with Crippen LogP contribution in [0, 0.1) is 23.2 Å². The molecule has 3 aromatic rings. The van der Waals surface area contributed by atoms with Crippen molar-refractivity contribution in [3.05, 3.63) is 83.7 Å². The summed E-state index contributed by atoms with van der Waals surface area (Å²) in [5, 5.41) is 9.30. The summed E-state index contributed by atoms with van der Waals surface area (Å²) in [7, 11) is 0. The summed E-state index contributed by atoms with van der Waals surface area (Å²) < 4.78 is 0. The number of rotatable bonds is 3. The maximum atomic E-state index is 9.30. The fourth-order valence-electron chi connectivity index (χ4n) is 3.92. The van der Waals surface area contributed by atoms with Crippen LogP contribution in [-0.4, -0.2) is 15.0 Å². The molecule has 0 aliphatic heterocycles. The molecule has 138 valence electrons. The van der Waals surface area contributed by atoms with Crippen LogP contribution in [0.2, 0.25) is 0 Å². The van der Waals surface area contributed by atoms with Crippen molar-refractivity contribution < 1.29 is 0 Å². The molecule has 3 atom stereocenters. The third-order valence-corrected chi connectivity index (χ3v) is 5.78. The molecular formula is C24H22N4. The first-order valence-electron chi connectivity index (χ1n) is 9.60. The Hall–Kier alpha value is -3.32. The highest BCUT2D eigenvalue weighted by molar-refractivity contribution is 5.70. The molecule has 0 N–H and O–H groups in total. The molecule has 0 fully saturated rings. The Balaban J connectivity index is 1.60. The minimum absolute atomic E-state index is 0.292. The van der Waals surface area contributed by atoms with E-state index in [-0.39, 0.29) is 0 Å². The van der Waals surface area contributed by atoms with Gasteiger partial charge in [-0.05, 0) is 42.0 Å². The lowest BCUT2D eigenvalue weighted by Crippen LogP contribution is -2.25. The number of aromatic nitrogens is 3. The Morgan fingerprint density at radius 3 is 2.71 bits per heavy atom. The molecule has 0 radical (unpaired) electrons. The van der Waals surface area contributed by atoms with Crippen molar-refractivity contribution in [3.63, 3.8) is 0 Å². The molecule has 0 saturated heterocycles. The van der Waals surface area contributed by atoms with Crippen LogP contribution < -0.4 is 0 Å². The first-order chi connectivity index (χ1) is 13.7. The largest absolute Gasteiger partial charge is 0.256 e. The second-order valence-corrected chi connectivity index (χ2v) is 7.48. The van der Waals surface area contributed by atoms with Crippen LogP contribution in [-0.2, 0) is 6.42 Å². The maximum Gasteiger partial charge on any atom is 0.115 e. The van der Waals surface area contributed by atoms with E-state index in [9.17, 15) is 5.26 Å². The molecule has 28 heavy (non-hydrogen) atoms. The Morgan fingerprint density at radius 2 is 1.93 bits per heavy atom. The lowest BCUT2D eigenvalue weighted by molar-refractivity contribution is 0.326. The Kier molecular flexibility index (Phi) is 4.99. The lowest BCUT2D eigenvalue weighted by atomic mass is 9.72. The highest BCUT2D eigenvalue weighted by Crippen LogP contribution is 2.39. The number of benzene rings is 1. The van der Waals surface area contributed by atoms with Crippen LogP contribution in [0.25, 0.3) is 17.2 Å². The van der Waals surface area contributed by atoms with Crippen molar-refractivity contribution in [3.8, 4) is 17.2 Å². The Labute approximate surface area is 165 Å². The topological polar surface area (TPSA) is 62.5 Å². The van der Waals surface area contributed by atoms with Crippen LogP contribution in [0.4, 0.5) is 0 Å². The molecule has 4 rings (SSSR count). The predicted octanol–water partition coefficient (Wildman–Crippen LogP) is 5.04. The Morgan fingerprint density at radius 1 is 1.07 bits per heavy atom. The summed E-state index contributed by atoms with van der Waals surface area (Å²) in [6.45, 7) is 4.58. The zero-order valence-electron chi connectivity index (χ0n) is 16.1. The van der Waals surface area contributed by atoms with Gasteiger partial charge in [-0.3, -0.25) is 4.98 Å². The number of nitrogens with zero attached hydrogens (tertiary/aromatic N) is 4. The molecule has 0 saturated carbocycles. The van der Waals surface area contributed by atoms with E-state index in [4.69, 9.17) is 0 Å². The predicted molar refractivity (Wildman–Crippen MR) is 110 cm³/mol. The van der Waals surface area contributed by atoms with Crippen molar-refractivity contribution >= 4 is 6.08 Å². The van der Waals surface area contributed by atoms with E-state index in [1.807, 2.05) is 48.8 Å². The van der Waals surface area contributed by atoms with Gasteiger partial charge in [-0.1, -0.05) is 44.2 Å². The van der Waals surface area contributed by atoms with E-state index < -0.39 is 0 Å². The minimum atomic E-state index is 0.292. The van der Waals surface area contributed by atoms with Crippen molar-refractivity contribution in [2.75, 3.05) is 0 Å². The zero-order valence-corrected chi connectivity index (χ0v) is 16.1. The fourth-order valence-corrected chi connectivity index (χ4v) is 3.92. The lowest BCUT2D eigenvalue weighted by Gasteiger charge is -2.33. The van der Waals surface area contributed by atoms with Gasteiger partial charge in [0.25, 0.3) is 0 Å². The van der Waals surface area contributed by atoms with Crippen LogP contribution in [0.15, 0.2) is 61.2 Å². The van der Waals surface area contributed by atoms with E-state index >= 15 is 0 Å². The molecule has 4 heteroatoms. The summed E-state index contributed by atoms with van der Waals surface area (Å²) in [4.78, 5) is 13.3. The molecule has 4 nitrogen and oxygen atoms in total. The number of hydrogen-bond donors (Lipinski definition) is 0. The van der Waals surface area contributed by atoms with Gasteiger partial charge in [-0.25, -0.2) is 9.97 Å². The van der Waals surface area contributed by atoms with Crippen molar-refractivity contribution in [1.29, 1.82) is 5.26 Å². The number of fused-ring (bicyclic) bond motifs is 1. The van der Waals surface area contributed by atoms with Gasteiger partial charge >= 0.3 is 0 Å². The number of allylic oxidation sites excluding steroid dienone is 1.